The van der Waals surface area contributed by atoms with Crippen LogP contribution in [0, 0.1) is 13.8 Å². The van der Waals surface area contributed by atoms with Crippen LogP contribution >= 0.6 is 0 Å². The lowest BCUT2D eigenvalue weighted by molar-refractivity contribution is 0.103. The molecule has 3 nitrogen and oxygen atoms in total. The molecule has 2 N–H and O–H groups in total. The van der Waals surface area contributed by atoms with Gasteiger partial charge in [0.1, 0.15) is 5.75 Å². The van der Waals surface area contributed by atoms with Gasteiger partial charge in [-0.25, -0.2) is 0 Å². The highest BCUT2D eigenvalue weighted by Crippen LogP contribution is 2.30. The van der Waals surface area contributed by atoms with Gasteiger partial charge in [-0.15, -0.1) is 0 Å². The third-order valence-corrected chi connectivity index (χ3v) is 3.45. The van der Waals surface area contributed by atoms with Crippen LogP contribution in [0.1, 0.15) is 40.4 Å². The van der Waals surface area contributed by atoms with Gasteiger partial charge in [0.15, 0.2) is 5.78 Å². The van der Waals surface area contributed by atoms with E-state index in [1.54, 1.807) is 12.1 Å². The maximum absolute atomic E-state index is 12.9. The van der Waals surface area contributed by atoms with Gasteiger partial charge < -0.3 is 10.5 Å². The van der Waals surface area contributed by atoms with Crippen LogP contribution in [0.4, 0.5) is 5.69 Å². The highest BCUT2D eigenvalue weighted by molar-refractivity contribution is 6.14. The Hall–Kier alpha value is -2.29. The highest BCUT2D eigenvalue weighted by Gasteiger charge is 2.20. The topological polar surface area (TPSA) is 52.3 Å². The quantitative estimate of drug-likeness (QED) is 0.668. The summed E-state index contributed by atoms with van der Waals surface area (Å²) in [6.07, 6.45) is 0.897. The molecule has 0 heterocycles. The number of benzene rings is 2. The number of nitrogens with two attached hydrogens (primary N) is 1. The first-order valence-corrected chi connectivity index (χ1v) is 7.18. The van der Waals surface area contributed by atoms with Crippen molar-refractivity contribution in [1.82, 2.24) is 0 Å². The van der Waals surface area contributed by atoms with Crippen molar-refractivity contribution in [3.05, 3.63) is 58.7 Å². The van der Waals surface area contributed by atoms with E-state index >= 15 is 0 Å². The molecule has 0 saturated heterocycles. The van der Waals surface area contributed by atoms with Crippen molar-refractivity contribution in [2.75, 3.05) is 12.3 Å². The molecule has 0 saturated carbocycles. The Kier molecular flexibility index (Phi) is 4.63. The second-order valence-electron chi connectivity index (χ2n) is 5.17. The molecule has 0 aliphatic heterocycles. The molecular formula is C18H21NO2. The molecule has 2 aromatic carbocycles. The number of ketones is 1. The number of anilines is 1. The van der Waals surface area contributed by atoms with Crippen LogP contribution in [0.2, 0.25) is 0 Å². The summed E-state index contributed by atoms with van der Waals surface area (Å²) in [4.78, 5) is 12.9. The zero-order chi connectivity index (χ0) is 15.4. The SMILES string of the molecule is CCCOc1c(C)ccc(C)c1C(=O)c1ccccc1N. The molecule has 0 atom stereocenters. The van der Waals surface area contributed by atoms with E-state index in [1.165, 1.54) is 0 Å². The molecule has 0 spiro atoms. The van der Waals surface area contributed by atoms with Crippen LogP contribution < -0.4 is 10.5 Å². The number of aryl methyl sites for hydroxylation is 2. The van der Waals surface area contributed by atoms with Crippen molar-refractivity contribution in [1.29, 1.82) is 0 Å². The molecule has 0 amide bonds. The van der Waals surface area contributed by atoms with Crippen LogP contribution in [0.5, 0.6) is 5.75 Å². The average Bonchev–Trinajstić information content (AvgIpc) is 2.48. The Morgan fingerprint density at radius 3 is 2.43 bits per heavy atom. The fourth-order valence-corrected chi connectivity index (χ4v) is 2.30. The van der Waals surface area contributed by atoms with Crippen LogP contribution in [-0.2, 0) is 0 Å². The van der Waals surface area contributed by atoms with Gasteiger partial charge in [-0.2, -0.15) is 0 Å². The molecule has 110 valence electrons. The smallest absolute Gasteiger partial charge is 0.199 e. The lowest BCUT2D eigenvalue weighted by Gasteiger charge is -2.16. The van der Waals surface area contributed by atoms with E-state index < -0.39 is 0 Å². The van der Waals surface area contributed by atoms with Crippen molar-refractivity contribution >= 4 is 11.5 Å². The molecule has 0 bridgehead atoms. The van der Waals surface area contributed by atoms with E-state index in [1.807, 2.05) is 45.0 Å². The molecular weight excluding hydrogens is 262 g/mol. The Morgan fingerprint density at radius 1 is 1.10 bits per heavy atom. The summed E-state index contributed by atoms with van der Waals surface area (Å²) >= 11 is 0. The van der Waals surface area contributed by atoms with Crippen molar-refractivity contribution in [3.63, 3.8) is 0 Å². The molecule has 3 heteroatoms. The summed E-state index contributed by atoms with van der Waals surface area (Å²) in [6, 6.07) is 11.1. The van der Waals surface area contributed by atoms with E-state index in [0.717, 1.165) is 17.5 Å². The highest BCUT2D eigenvalue weighted by atomic mass is 16.5. The van der Waals surface area contributed by atoms with Gasteiger partial charge in [0.25, 0.3) is 0 Å². The fraction of sp³-hybridized carbons (Fsp3) is 0.278. The van der Waals surface area contributed by atoms with Gasteiger partial charge in [-0.1, -0.05) is 31.2 Å². The number of hydrogen-bond acceptors (Lipinski definition) is 3. The summed E-state index contributed by atoms with van der Waals surface area (Å²) < 4.78 is 5.82. The summed E-state index contributed by atoms with van der Waals surface area (Å²) in [5, 5.41) is 0. The second-order valence-corrected chi connectivity index (χ2v) is 5.17. The zero-order valence-corrected chi connectivity index (χ0v) is 12.8. The largest absolute Gasteiger partial charge is 0.493 e. The lowest BCUT2D eigenvalue weighted by Crippen LogP contribution is -2.11. The number of ether oxygens (including phenoxy) is 1. The summed E-state index contributed by atoms with van der Waals surface area (Å²) in [5.41, 5.74) is 9.43. The van der Waals surface area contributed by atoms with E-state index in [2.05, 4.69) is 0 Å². The zero-order valence-electron chi connectivity index (χ0n) is 12.8. The van der Waals surface area contributed by atoms with E-state index in [0.29, 0.717) is 29.2 Å². The van der Waals surface area contributed by atoms with Crippen molar-refractivity contribution in [2.24, 2.45) is 0 Å². The number of carbonyl (C=O) groups is 1. The standard InChI is InChI=1S/C18H21NO2/c1-4-11-21-18-13(3)10-9-12(2)16(18)17(20)14-7-5-6-8-15(14)19/h5-10H,4,11,19H2,1-3H3. The minimum absolute atomic E-state index is 0.0830. The molecule has 0 aliphatic carbocycles. The molecule has 0 aromatic heterocycles. The number of hydrogen-bond donors (Lipinski definition) is 1. The normalized spacial score (nSPS) is 10.4. The lowest BCUT2D eigenvalue weighted by atomic mass is 9.95. The molecule has 2 aromatic rings. The first-order chi connectivity index (χ1) is 10.1. The van der Waals surface area contributed by atoms with E-state index in [4.69, 9.17) is 10.5 Å². The van der Waals surface area contributed by atoms with Gasteiger partial charge in [0.05, 0.1) is 12.2 Å². The number of carbonyl (C=O) groups excluding carboxylic acids is 1. The Labute approximate surface area is 125 Å². The summed E-state index contributed by atoms with van der Waals surface area (Å²) in [7, 11) is 0. The van der Waals surface area contributed by atoms with Crippen molar-refractivity contribution < 1.29 is 9.53 Å². The molecule has 0 fully saturated rings. The Bertz CT molecular complexity index is 662. The van der Waals surface area contributed by atoms with Crippen molar-refractivity contribution in [3.8, 4) is 5.75 Å². The van der Waals surface area contributed by atoms with Crippen LogP contribution in [0.25, 0.3) is 0 Å². The first-order valence-electron chi connectivity index (χ1n) is 7.18. The molecule has 0 aliphatic rings. The molecule has 2 rings (SSSR count). The first kappa shape index (κ1) is 15.1. The maximum Gasteiger partial charge on any atom is 0.199 e. The van der Waals surface area contributed by atoms with E-state index in [9.17, 15) is 4.79 Å². The predicted molar refractivity (Wildman–Crippen MR) is 86.0 cm³/mol. The van der Waals surface area contributed by atoms with Gasteiger partial charge in [-0.3, -0.25) is 4.79 Å². The van der Waals surface area contributed by atoms with Crippen LogP contribution in [-0.4, -0.2) is 12.4 Å². The Morgan fingerprint density at radius 2 is 1.76 bits per heavy atom. The summed E-state index contributed by atoms with van der Waals surface area (Å²) in [6.45, 7) is 6.51. The number of nitrogen functional groups attached to an aromatic ring is 1. The fourth-order valence-electron chi connectivity index (χ4n) is 2.30. The number of para-hydroxylation sites is 1. The minimum Gasteiger partial charge on any atom is -0.493 e. The van der Waals surface area contributed by atoms with Crippen LogP contribution in [0.15, 0.2) is 36.4 Å². The van der Waals surface area contributed by atoms with Gasteiger partial charge in [0.2, 0.25) is 0 Å². The molecule has 0 radical (unpaired) electrons. The number of rotatable bonds is 5. The van der Waals surface area contributed by atoms with E-state index in [-0.39, 0.29) is 5.78 Å². The monoisotopic (exact) mass is 283 g/mol. The maximum atomic E-state index is 12.9. The summed E-state index contributed by atoms with van der Waals surface area (Å²) in [5.74, 6) is 0.588. The molecule has 0 unspecified atom stereocenters. The second kappa shape index (κ2) is 6.44. The van der Waals surface area contributed by atoms with Crippen LogP contribution in [0.3, 0.4) is 0 Å². The van der Waals surface area contributed by atoms with Gasteiger partial charge in [0, 0.05) is 11.3 Å². The third kappa shape index (κ3) is 3.07. The third-order valence-electron chi connectivity index (χ3n) is 3.45. The predicted octanol–water partition coefficient (Wildman–Crippen LogP) is 3.91. The van der Waals surface area contributed by atoms with Crippen molar-refractivity contribution in [2.45, 2.75) is 27.2 Å². The van der Waals surface area contributed by atoms with Gasteiger partial charge in [-0.05, 0) is 43.5 Å². The molecule has 21 heavy (non-hydrogen) atoms. The minimum atomic E-state index is -0.0830. The Balaban J connectivity index is 2.54. The van der Waals surface area contributed by atoms with Gasteiger partial charge >= 0.3 is 0 Å². The average molecular weight is 283 g/mol.